The summed E-state index contributed by atoms with van der Waals surface area (Å²) < 4.78 is 48.3. The Morgan fingerprint density at radius 3 is 1.60 bits per heavy atom. The molecule has 0 aromatic heterocycles. The van der Waals surface area contributed by atoms with Crippen LogP contribution in [0.3, 0.4) is 0 Å². The second kappa shape index (κ2) is 2.82. The van der Waals surface area contributed by atoms with E-state index in [2.05, 4.69) is 0 Å². The van der Waals surface area contributed by atoms with E-state index >= 15 is 0 Å². The van der Waals surface area contributed by atoms with Gasteiger partial charge in [-0.25, -0.2) is 8.42 Å². The van der Waals surface area contributed by atoms with Gasteiger partial charge in [-0.3, -0.25) is 4.55 Å². The molecule has 62 valence electrons. The van der Waals surface area contributed by atoms with Gasteiger partial charge in [-0.1, -0.05) is 0 Å². The molecule has 0 saturated carbocycles. The van der Waals surface area contributed by atoms with Crippen LogP contribution in [0.1, 0.15) is 0 Å². The summed E-state index contributed by atoms with van der Waals surface area (Å²) in [5, 5.41) is 8.01. The van der Waals surface area contributed by atoms with Gasteiger partial charge in [-0.05, 0) is 0 Å². The first-order chi connectivity index (χ1) is 4.31. The lowest BCUT2D eigenvalue weighted by Crippen LogP contribution is -2.19. The highest BCUT2D eigenvalue weighted by molar-refractivity contribution is 8.64. The van der Waals surface area contributed by atoms with Crippen molar-refractivity contribution in [1.82, 2.24) is 0 Å². The molecule has 0 aliphatic rings. The van der Waals surface area contributed by atoms with E-state index in [1.807, 2.05) is 0 Å². The van der Waals surface area contributed by atoms with Gasteiger partial charge in [0.05, 0.1) is 12.4 Å². The quantitative estimate of drug-likeness (QED) is 0.401. The standard InChI is InChI=1S/C2H6O6S2/c3-1-2-9(4,5)10(6,7)8/h3H,1-2H2,(H,6,7,8). The molecular formula is C2H6O6S2. The van der Waals surface area contributed by atoms with Crippen molar-refractivity contribution in [2.24, 2.45) is 0 Å². The number of hydrogen-bond acceptors (Lipinski definition) is 5. The molecule has 6 nitrogen and oxygen atoms in total. The average molecular weight is 190 g/mol. The zero-order valence-corrected chi connectivity index (χ0v) is 6.39. The number of rotatable bonds is 3. The summed E-state index contributed by atoms with van der Waals surface area (Å²) in [6.07, 6.45) is 0. The first-order valence-corrected chi connectivity index (χ1v) is 5.73. The third kappa shape index (κ3) is 2.21. The average Bonchev–Trinajstić information content (AvgIpc) is 1.61. The maximum atomic E-state index is 10.3. The fraction of sp³-hybridized carbons (Fsp3) is 1.00. The van der Waals surface area contributed by atoms with Gasteiger partial charge in [0, 0.05) is 0 Å². The van der Waals surface area contributed by atoms with Crippen molar-refractivity contribution in [2.75, 3.05) is 12.4 Å². The van der Waals surface area contributed by atoms with Crippen molar-refractivity contribution >= 4 is 18.0 Å². The molecule has 0 atom stereocenters. The molecule has 0 fully saturated rings. The van der Waals surface area contributed by atoms with E-state index in [0.717, 1.165) is 0 Å². The number of aliphatic hydroxyl groups excluding tert-OH is 1. The topological polar surface area (TPSA) is 109 Å². The fourth-order valence-electron chi connectivity index (χ4n) is 0.217. The molecule has 0 aliphatic carbocycles. The molecule has 0 aromatic carbocycles. The predicted octanol–water partition coefficient (Wildman–Crippen LogP) is -1.80. The Balaban J connectivity index is 4.80. The van der Waals surface area contributed by atoms with Gasteiger partial charge in [0.1, 0.15) is 0 Å². The Hall–Kier alpha value is -0.180. The van der Waals surface area contributed by atoms with E-state index in [1.165, 1.54) is 0 Å². The van der Waals surface area contributed by atoms with Gasteiger partial charge < -0.3 is 5.11 Å². The fourth-order valence-corrected chi connectivity index (χ4v) is 1.51. The maximum Gasteiger partial charge on any atom is 0.372 e. The number of aliphatic hydroxyl groups is 1. The minimum atomic E-state index is -5.05. The number of hydrogen-bond donors (Lipinski definition) is 2. The van der Waals surface area contributed by atoms with Crippen molar-refractivity contribution in [3.63, 3.8) is 0 Å². The first-order valence-electron chi connectivity index (χ1n) is 2.12. The highest BCUT2D eigenvalue weighted by Gasteiger charge is 2.25. The molecule has 0 bridgehead atoms. The SMILES string of the molecule is O=S(=O)(O)S(=O)(=O)CCO. The van der Waals surface area contributed by atoms with Crippen molar-refractivity contribution < 1.29 is 26.5 Å². The van der Waals surface area contributed by atoms with Crippen molar-refractivity contribution in [3.05, 3.63) is 0 Å². The highest BCUT2D eigenvalue weighted by atomic mass is 33.2. The highest BCUT2D eigenvalue weighted by Crippen LogP contribution is 1.97. The van der Waals surface area contributed by atoms with Gasteiger partial charge in [0.2, 0.25) is 0 Å². The van der Waals surface area contributed by atoms with E-state index in [9.17, 15) is 16.8 Å². The predicted molar refractivity (Wildman–Crippen MR) is 32.4 cm³/mol. The summed E-state index contributed by atoms with van der Waals surface area (Å²) in [6, 6.07) is 0. The molecule has 0 aliphatic heterocycles. The summed E-state index contributed by atoms with van der Waals surface area (Å²) in [5.74, 6) is -0.980. The van der Waals surface area contributed by atoms with Crippen molar-refractivity contribution in [3.8, 4) is 0 Å². The molecule has 0 radical (unpaired) electrons. The molecule has 10 heavy (non-hydrogen) atoms. The molecule has 0 rings (SSSR count). The Kier molecular flexibility index (Phi) is 2.77. The second-order valence-corrected chi connectivity index (χ2v) is 6.58. The van der Waals surface area contributed by atoms with Crippen LogP contribution in [-0.2, 0) is 18.0 Å². The normalized spacial score (nSPS) is 13.4. The van der Waals surface area contributed by atoms with E-state index in [4.69, 9.17) is 9.66 Å². The molecule has 2 N–H and O–H groups in total. The van der Waals surface area contributed by atoms with Crippen molar-refractivity contribution in [2.45, 2.75) is 0 Å². The Labute approximate surface area is 57.6 Å². The van der Waals surface area contributed by atoms with Crippen LogP contribution in [0.4, 0.5) is 0 Å². The van der Waals surface area contributed by atoms with Crippen LogP contribution >= 0.6 is 0 Å². The van der Waals surface area contributed by atoms with Crippen LogP contribution in [-0.4, -0.2) is 38.9 Å². The van der Waals surface area contributed by atoms with Crippen LogP contribution in [0.2, 0.25) is 0 Å². The summed E-state index contributed by atoms with van der Waals surface area (Å²) in [6.45, 7) is -0.831. The Morgan fingerprint density at radius 1 is 1.10 bits per heavy atom. The molecule has 0 amide bonds. The van der Waals surface area contributed by atoms with Gasteiger partial charge in [-0.2, -0.15) is 8.42 Å². The largest absolute Gasteiger partial charge is 0.395 e. The van der Waals surface area contributed by atoms with Crippen LogP contribution in [0.25, 0.3) is 0 Å². The lowest BCUT2D eigenvalue weighted by atomic mass is 10.9. The monoisotopic (exact) mass is 190 g/mol. The third-order valence-electron chi connectivity index (χ3n) is 0.662. The van der Waals surface area contributed by atoms with Gasteiger partial charge >= 0.3 is 9.15 Å². The summed E-state index contributed by atoms with van der Waals surface area (Å²) in [5.41, 5.74) is 0. The molecule has 0 heterocycles. The molecular weight excluding hydrogens is 184 g/mol. The van der Waals surface area contributed by atoms with E-state index in [-0.39, 0.29) is 0 Å². The Morgan fingerprint density at radius 2 is 1.50 bits per heavy atom. The lowest BCUT2D eigenvalue weighted by molar-refractivity contribution is 0.320. The maximum absolute atomic E-state index is 10.3. The molecule has 0 spiro atoms. The van der Waals surface area contributed by atoms with E-state index in [1.54, 1.807) is 0 Å². The molecule has 0 unspecified atom stereocenters. The molecule has 0 aromatic rings. The zero-order chi connectivity index (χ0) is 8.41. The van der Waals surface area contributed by atoms with E-state index in [0.29, 0.717) is 0 Å². The van der Waals surface area contributed by atoms with Crippen LogP contribution in [0.15, 0.2) is 0 Å². The van der Waals surface area contributed by atoms with Gasteiger partial charge in [-0.15, -0.1) is 0 Å². The minimum absolute atomic E-state index is 0.831. The van der Waals surface area contributed by atoms with Crippen LogP contribution in [0, 0.1) is 0 Å². The van der Waals surface area contributed by atoms with Crippen LogP contribution < -0.4 is 0 Å². The molecule has 0 saturated heterocycles. The lowest BCUT2D eigenvalue weighted by Gasteiger charge is -1.94. The summed E-state index contributed by atoms with van der Waals surface area (Å²) in [7, 11) is -9.62. The Bertz CT molecular complexity index is 282. The van der Waals surface area contributed by atoms with E-state index < -0.39 is 30.4 Å². The van der Waals surface area contributed by atoms with Gasteiger partial charge in [0.15, 0.2) is 0 Å². The smallest absolute Gasteiger partial charge is 0.372 e. The summed E-state index contributed by atoms with van der Waals surface area (Å²) >= 11 is 0. The zero-order valence-electron chi connectivity index (χ0n) is 4.76. The van der Waals surface area contributed by atoms with Gasteiger partial charge in [0.25, 0.3) is 8.87 Å². The second-order valence-electron chi connectivity index (χ2n) is 1.41. The molecule has 8 heteroatoms. The summed E-state index contributed by atoms with van der Waals surface area (Å²) in [4.78, 5) is 0. The van der Waals surface area contributed by atoms with Crippen LogP contribution in [0.5, 0.6) is 0 Å². The van der Waals surface area contributed by atoms with Crippen molar-refractivity contribution in [1.29, 1.82) is 0 Å². The third-order valence-corrected chi connectivity index (χ3v) is 4.41. The minimum Gasteiger partial charge on any atom is -0.395 e. The first kappa shape index (κ1) is 9.82.